The zero-order valence-electron chi connectivity index (χ0n) is 11.9. The van der Waals surface area contributed by atoms with Crippen molar-refractivity contribution in [1.82, 2.24) is 4.98 Å². The maximum absolute atomic E-state index is 13.8. The molecule has 0 unspecified atom stereocenters. The van der Waals surface area contributed by atoms with E-state index in [0.29, 0.717) is 22.2 Å². The lowest BCUT2D eigenvalue weighted by atomic mass is 10.1. The van der Waals surface area contributed by atoms with Crippen LogP contribution in [0.25, 0.3) is 0 Å². The number of benzene rings is 1. The molecule has 4 nitrogen and oxygen atoms in total. The fraction of sp³-hybridized carbons (Fsp3) is 0.200. The number of hydrogen-bond acceptors (Lipinski definition) is 3. The van der Waals surface area contributed by atoms with E-state index in [9.17, 15) is 18.4 Å². The summed E-state index contributed by atoms with van der Waals surface area (Å²) in [5.41, 5.74) is 0.884. The predicted octanol–water partition coefficient (Wildman–Crippen LogP) is 3.18. The Kier molecular flexibility index (Phi) is 4.65. The van der Waals surface area contributed by atoms with Crippen LogP contribution in [0.15, 0.2) is 23.1 Å². The number of nitrogens with one attached hydrogen (secondary N) is 1. The minimum absolute atomic E-state index is 0.117. The van der Waals surface area contributed by atoms with Gasteiger partial charge < -0.3 is 10.1 Å². The van der Waals surface area contributed by atoms with Crippen molar-refractivity contribution in [3.05, 3.63) is 52.3 Å². The molecule has 2 aromatic rings. The number of aromatic nitrogens is 1. The van der Waals surface area contributed by atoms with E-state index in [4.69, 9.17) is 5.11 Å². The van der Waals surface area contributed by atoms with E-state index in [0.717, 1.165) is 12.1 Å². The first-order valence-corrected chi connectivity index (χ1v) is 7.54. The van der Waals surface area contributed by atoms with Gasteiger partial charge in [0.15, 0.2) is 0 Å². The van der Waals surface area contributed by atoms with Gasteiger partial charge in [0.05, 0.1) is 12.0 Å². The van der Waals surface area contributed by atoms with E-state index in [2.05, 4.69) is 4.98 Å². The molecule has 0 amide bonds. The third-order valence-corrected chi connectivity index (χ3v) is 4.15. The van der Waals surface area contributed by atoms with Gasteiger partial charge >= 0.3 is 5.97 Å². The van der Waals surface area contributed by atoms with Crippen molar-refractivity contribution >= 4 is 23.5 Å². The van der Waals surface area contributed by atoms with Crippen molar-refractivity contribution in [1.29, 1.82) is 0 Å². The van der Waals surface area contributed by atoms with Crippen molar-refractivity contribution in [2.24, 2.45) is 0 Å². The monoisotopic (exact) mass is 325 g/mol. The number of aromatic amines is 1. The Labute approximate surface area is 129 Å². The number of carbonyl (C=O) groups excluding carboxylic acids is 1. The Hall–Kier alpha value is -2.15. The van der Waals surface area contributed by atoms with E-state index in [1.165, 1.54) is 11.8 Å². The van der Waals surface area contributed by atoms with Crippen molar-refractivity contribution in [2.45, 2.75) is 18.2 Å². The van der Waals surface area contributed by atoms with Crippen LogP contribution < -0.4 is 0 Å². The second-order valence-electron chi connectivity index (χ2n) is 4.66. The summed E-state index contributed by atoms with van der Waals surface area (Å²) in [7, 11) is 0. The van der Waals surface area contributed by atoms with E-state index in [1.54, 1.807) is 13.2 Å². The zero-order valence-corrected chi connectivity index (χ0v) is 12.7. The number of H-pyrrole nitrogens is 1. The SMILES string of the molecule is CSc1c(C(=O)c2ccc(F)cc2F)[nH]c(CC(=O)O)c1C. The quantitative estimate of drug-likeness (QED) is 0.654. The van der Waals surface area contributed by atoms with Crippen LogP contribution in [0, 0.1) is 18.6 Å². The maximum atomic E-state index is 13.8. The molecule has 1 heterocycles. The van der Waals surface area contributed by atoms with Crippen LogP contribution in [-0.4, -0.2) is 28.1 Å². The molecule has 116 valence electrons. The van der Waals surface area contributed by atoms with Crippen LogP contribution in [0.5, 0.6) is 0 Å². The minimum Gasteiger partial charge on any atom is -0.481 e. The van der Waals surface area contributed by atoms with E-state index in [-0.39, 0.29) is 17.7 Å². The Morgan fingerprint density at radius 1 is 1.32 bits per heavy atom. The summed E-state index contributed by atoms with van der Waals surface area (Å²) in [6.07, 6.45) is 1.47. The Morgan fingerprint density at radius 3 is 2.55 bits per heavy atom. The molecule has 0 fully saturated rings. The summed E-state index contributed by atoms with van der Waals surface area (Å²) < 4.78 is 26.7. The molecule has 0 aliphatic heterocycles. The van der Waals surface area contributed by atoms with Crippen LogP contribution >= 0.6 is 11.8 Å². The molecule has 0 saturated carbocycles. The first-order chi connectivity index (χ1) is 10.3. The second kappa shape index (κ2) is 6.31. The molecule has 2 rings (SSSR count). The number of hydrogen-bond donors (Lipinski definition) is 2. The highest BCUT2D eigenvalue weighted by atomic mass is 32.2. The highest BCUT2D eigenvalue weighted by Crippen LogP contribution is 2.30. The molecule has 0 aliphatic rings. The molecule has 0 spiro atoms. The van der Waals surface area contributed by atoms with Gasteiger partial charge in [-0.3, -0.25) is 9.59 Å². The van der Waals surface area contributed by atoms with Gasteiger partial charge in [0.25, 0.3) is 0 Å². The predicted molar refractivity (Wildman–Crippen MR) is 78.4 cm³/mol. The number of carboxylic acids is 1. The number of carbonyl (C=O) groups is 2. The number of aliphatic carboxylic acids is 1. The third-order valence-electron chi connectivity index (χ3n) is 3.23. The lowest BCUT2D eigenvalue weighted by Gasteiger charge is -2.03. The summed E-state index contributed by atoms with van der Waals surface area (Å²) in [6.45, 7) is 1.69. The smallest absolute Gasteiger partial charge is 0.309 e. The zero-order chi connectivity index (χ0) is 16.4. The molecule has 0 radical (unpaired) electrons. The summed E-state index contributed by atoms with van der Waals surface area (Å²) >= 11 is 1.26. The van der Waals surface area contributed by atoms with Crippen LogP contribution in [-0.2, 0) is 11.2 Å². The number of thioether (sulfide) groups is 1. The molecule has 1 aromatic carbocycles. The lowest BCUT2D eigenvalue weighted by Crippen LogP contribution is -2.07. The number of rotatable bonds is 5. The molecule has 1 aromatic heterocycles. The van der Waals surface area contributed by atoms with Gasteiger partial charge in [0.2, 0.25) is 5.78 Å². The fourth-order valence-electron chi connectivity index (χ4n) is 2.18. The molecule has 0 saturated heterocycles. The van der Waals surface area contributed by atoms with Crippen LogP contribution in [0.2, 0.25) is 0 Å². The fourth-order valence-corrected chi connectivity index (χ4v) is 2.95. The van der Waals surface area contributed by atoms with Gasteiger partial charge in [-0.05, 0) is 30.9 Å². The summed E-state index contributed by atoms with van der Waals surface area (Å²) in [5.74, 6) is -3.40. The van der Waals surface area contributed by atoms with Crippen molar-refractivity contribution in [3.63, 3.8) is 0 Å². The van der Waals surface area contributed by atoms with Crippen LogP contribution in [0.3, 0.4) is 0 Å². The molecule has 7 heteroatoms. The van der Waals surface area contributed by atoms with Crippen molar-refractivity contribution in [3.8, 4) is 0 Å². The summed E-state index contributed by atoms with van der Waals surface area (Å²) in [5, 5.41) is 8.88. The molecule has 2 N–H and O–H groups in total. The van der Waals surface area contributed by atoms with E-state index >= 15 is 0 Å². The van der Waals surface area contributed by atoms with E-state index in [1.807, 2.05) is 0 Å². The minimum atomic E-state index is -1.04. The summed E-state index contributed by atoms with van der Waals surface area (Å²) in [4.78, 5) is 26.6. The van der Waals surface area contributed by atoms with Gasteiger partial charge in [-0.25, -0.2) is 8.78 Å². The highest BCUT2D eigenvalue weighted by Gasteiger charge is 2.23. The maximum Gasteiger partial charge on any atom is 0.309 e. The Morgan fingerprint density at radius 2 is 2.00 bits per heavy atom. The topological polar surface area (TPSA) is 70.2 Å². The van der Waals surface area contributed by atoms with Crippen molar-refractivity contribution < 1.29 is 23.5 Å². The molecule has 0 bridgehead atoms. The molecular formula is C15H13F2NO3S. The second-order valence-corrected chi connectivity index (χ2v) is 5.48. The molecular weight excluding hydrogens is 312 g/mol. The highest BCUT2D eigenvalue weighted by molar-refractivity contribution is 7.98. The molecule has 0 atom stereocenters. The average molecular weight is 325 g/mol. The van der Waals surface area contributed by atoms with E-state index < -0.39 is 23.4 Å². The van der Waals surface area contributed by atoms with Gasteiger partial charge in [-0.1, -0.05) is 0 Å². The van der Waals surface area contributed by atoms with Gasteiger partial charge in [-0.2, -0.15) is 0 Å². The van der Waals surface area contributed by atoms with Crippen LogP contribution in [0.4, 0.5) is 8.78 Å². The lowest BCUT2D eigenvalue weighted by molar-refractivity contribution is -0.136. The Balaban J connectivity index is 2.51. The average Bonchev–Trinajstić information content (AvgIpc) is 2.74. The Bertz CT molecular complexity index is 755. The first kappa shape index (κ1) is 16.2. The normalized spacial score (nSPS) is 10.7. The van der Waals surface area contributed by atoms with Crippen molar-refractivity contribution in [2.75, 3.05) is 6.26 Å². The largest absolute Gasteiger partial charge is 0.481 e. The van der Waals surface area contributed by atoms with Gasteiger partial charge in [0, 0.05) is 16.7 Å². The third kappa shape index (κ3) is 3.04. The summed E-state index contributed by atoms with van der Waals surface area (Å²) in [6, 6.07) is 2.72. The number of ketones is 1. The van der Waals surface area contributed by atoms with Gasteiger partial charge in [0.1, 0.15) is 17.3 Å². The first-order valence-electron chi connectivity index (χ1n) is 6.32. The standard InChI is InChI=1S/C15H13F2NO3S/c1-7-11(6-12(19)20)18-13(15(7)22-2)14(21)9-4-3-8(16)5-10(9)17/h3-5,18H,6H2,1-2H3,(H,19,20). The molecule has 22 heavy (non-hydrogen) atoms. The number of halogens is 2. The van der Waals surface area contributed by atoms with Crippen LogP contribution in [0.1, 0.15) is 27.3 Å². The van der Waals surface area contributed by atoms with Gasteiger partial charge in [-0.15, -0.1) is 11.8 Å². The molecule has 0 aliphatic carbocycles. The number of carboxylic acid groups (broad SMARTS) is 1.